The second-order valence-electron chi connectivity index (χ2n) is 3.50. The standard InChI is InChI=1S/C10H15N3O2S/c1-6(2-4-11)9(15)13-10-7(8(12)14)3-5-16-10/h3,5-6H,2,4,11H2,1H3,(H2,12,14)(H,13,15). The summed E-state index contributed by atoms with van der Waals surface area (Å²) in [6, 6.07) is 1.59. The summed E-state index contributed by atoms with van der Waals surface area (Å²) in [6.45, 7) is 2.25. The second-order valence-corrected chi connectivity index (χ2v) is 4.41. The van der Waals surface area contributed by atoms with Crippen molar-refractivity contribution in [3.63, 3.8) is 0 Å². The predicted octanol–water partition coefficient (Wildman–Crippen LogP) is 0.770. The van der Waals surface area contributed by atoms with Gasteiger partial charge in [0.05, 0.1) is 5.56 Å². The van der Waals surface area contributed by atoms with Crippen molar-refractivity contribution in [2.24, 2.45) is 17.4 Å². The minimum atomic E-state index is -0.539. The zero-order valence-electron chi connectivity index (χ0n) is 9.03. The van der Waals surface area contributed by atoms with E-state index in [0.717, 1.165) is 0 Å². The van der Waals surface area contributed by atoms with E-state index in [0.29, 0.717) is 23.5 Å². The number of hydrogen-bond donors (Lipinski definition) is 3. The number of nitrogens with two attached hydrogens (primary N) is 2. The van der Waals surface area contributed by atoms with E-state index in [9.17, 15) is 9.59 Å². The van der Waals surface area contributed by atoms with Crippen molar-refractivity contribution in [2.45, 2.75) is 13.3 Å². The molecule has 0 saturated heterocycles. The third-order valence-electron chi connectivity index (χ3n) is 2.21. The molecule has 0 radical (unpaired) electrons. The number of carbonyl (C=O) groups excluding carboxylic acids is 2. The Labute approximate surface area is 97.8 Å². The third kappa shape index (κ3) is 3.04. The fourth-order valence-electron chi connectivity index (χ4n) is 1.22. The summed E-state index contributed by atoms with van der Waals surface area (Å²) in [5.41, 5.74) is 10.9. The smallest absolute Gasteiger partial charge is 0.251 e. The van der Waals surface area contributed by atoms with Crippen LogP contribution in [0.4, 0.5) is 5.00 Å². The SMILES string of the molecule is CC(CCN)C(=O)Nc1sccc1C(N)=O. The fourth-order valence-corrected chi connectivity index (χ4v) is 2.01. The number of amides is 2. The van der Waals surface area contributed by atoms with Gasteiger partial charge in [0.15, 0.2) is 0 Å². The van der Waals surface area contributed by atoms with Crippen molar-refractivity contribution >= 4 is 28.2 Å². The molecule has 1 rings (SSSR count). The van der Waals surface area contributed by atoms with Gasteiger partial charge in [-0.1, -0.05) is 6.92 Å². The van der Waals surface area contributed by atoms with E-state index in [1.807, 2.05) is 0 Å². The molecule has 5 nitrogen and oxygen atoms in total. The zero-order valence-corrected chi connectivity index (χ0v) is 9.84. The third-order valence-corrected chi connectivity index (χ3v) is 3.04. The Balaban J connectivity index is 2.69. The molecule has 0 aliphatic heterocycles. The predicted molar refractivity (Wildman–Crippen MR) is 64.3 cm³/mol. The molecule has 2 amide bonds. The lowest BCUT2D eigenvalue weighted by molar-refractivity contribution is -0.119. The van der Waals surface area contributed by atoms with E-state index >= 15 is 0 Å². The van der Waals surface area contributed by atoms with Gasteiger partial charge in [0.1, 0.15) is 5.00 Å². The molecule has 1 aromatic rings. The Kier molecular flexibility index (Phi) is 4.45. The molecular weight excluding hydrogens is 226 g/mol. The lowest BCUT2D eigenvalue weighted by Crippen LogP contribution is -2.23. The normalized spacial score (nSPS) is 12.1. The molecule has 1 heterocycles. The molecule has 1 unspecified atom stereocenters. The van der Waals surface area contributed by atoms with Gasteiger partial charge in [0, 0.05) is 5.92 Å². The van der Waals surface area contributed by atoms with Crippen molar-refractivity contribution in [1.29, 1.82) is 0 Å². The summed E-state index contributed by atoms with van der Waals surface area (Å²) in [6.07, 6.45) is 0.614. The Bertz CT molecular complexity index is 389. The molecule has 16 heavy (non-hydrogen) atoms. The summed E-state index contributed by atoms with van der Waals surface area (Å²) >= 11 is 1.28. The molecular formula is C10H15N3O2S. The minimum Gasteiger partial charge on any atom is -0.366 e. The van der Waals surface area contributed by atoms with Crippen molar-refractivity contribution in [3.8, 4) is 0 Å². The number of rotatable bonds is 5. The first kappa shape index (κ1) is 12.7. The van der Waals surface area contributed by atoms with E-state index < -0.39 is 5.91 Å². The van der Waals surface area contributed by atoms with Crippen LogP contribution in [0.3, 0.4) is 0 Å². The Morgan fingerprint density at radius 3 is 2.81 bits per heavy atom. The van der Waals surface area contributed by atoms with Crippen molar-refractivity contribution in [1.82, 2.24) is 0 Å². The van der Waals surface area contributed by atoms with Crippen molar-refractivity contribution in [3.05, 3.63) is 17.0 Å². The molecule has 5 N–H and O–H groups in total. The highest BCUT2D eigenvalue weighted by Crippen LogP contribution is 2.23. The molecule has 6 heteroatoms. The minimum absolute atomic E-state index is 0.143. The summed E-state index contributed by atoms with van der Waals surface area (Å²) in [5, 5.41) is 4.89. The van der Waals surface area contributed by atoms with Crippen LogP contribution in [0.5, 0.6) is 0 Å². The second kappa shape index (κ2) is 5.62. The van der Waals surface area contributed by atoms with Crippen molar-refractivity contribution in [2.75, 3.05) is 11.9 Å². The molecule has 0 aliphatic rings. The number of thiophene rings is 1. The number of hydrogen-bond acceptors (Lipinski definition) is 4. The van der Waals surface area contributed by atoms with Crippen LogP contribution in [0.2, 0.25) is 0 Å². The average molecular weight is 241 g/mol. The summed E-state index contributed by atoms with van der Waals surface area (Å²) in [5.74, 6) is -0.855. The number of nitrogens with one attached hydrogen (secondary N) is 1. The van der Waals surface area contributed by atoms with E-state index in [-0.39, 0.29) is 11.8 Å². The number of primary amides is 1. The first-order valence-electron chi connectivity index (χ1n) is 4.94. The number of anilines is 1. The highest BCUT2D eigenvalue weighted by atomic mass is 32.1. The van der Waals surface area contributed by atoms with Crippen LogP contribution in [0, 0.1) is 5.92 Å². The molecule has 88 valence electrons. The molecule has 0 bridgehead atoms. The highest BCUT2D eigenvalue weighted by Gasteiger charge is 2.16. The molecule has 0 spiro atoms. The van der Waals surface area contributed by atoms with Gasteiger partial charge in [0.25, 0.3) is 5.91 Å². The topological polar surface area (TPSA) is 98.2 Å². The summed E-state index contributed by atoms with van der Waals surface area (Å²) in [7, 11) is 0. The largest absolute Gasteiger partial charge is 0.366 e. The highest BCUT2D eigenvalue weighted by molar-refractivity contribution is 7.14. The summed E-state index contributed by atoms with van der Waals surface area (Å²) < 4.78 is 0. The van der Waals surface area contributed by atoms with Crippen LogP contribution in [0.1, 0.15) is 23.7 Å². The quantitative estimate of drug-likeness (QED) is 0.710. The van der Waals surface area contributed by atoms with Crippen LogP contribution in [0.15, 0.2) is 11.4 Å². The Morgan fingerprint density at radius 1 is 1.56 bits per heavy atom. The monoisotopic (exact) mass is 241 g/mol. The maximum atomic E-state index is 11.7. The molecule has 1 atom stereocenters. The van der Waals surface area contributed by atoms with Crippen LogP contribution < -0.4 is 16.8 Å². The maximum Gasteiger partial charge on any atom is 0.251 e. The molecule has 0 fully saturated rings. The van der Waals surface area contributed by atoms with E-state index in [1.165, 1.54) is 11.3 Å². The molecule has 0 aromatic carbocycles. The van der Waals surface area contributed by atoms with E-state index in [4.69, 9.17) is 11.5 Å². The van der Waals surface area contributed by atoms with Crippen LogP contribution in [-0.2, 0) is 4.79 Å². The number of carbonyl (C=O) groups is 2. The van der Waals surface area contributed by atoms with Gasteiger partial charge < -0.3 is 16.8 Å². The van der Waals surface area contributed by atoms with Crippen LogP contribution in [0.25, 0.3) is 0 Å². The maximum absolute atomic E-state index is 11.7. The van der Waals surface area contributed by atoms with Gasteiger partial charge in [-0.05, 0) is 24.4 Å². The van der Waals surface area contributed by atoms with Crippen molar-refractivity contribution < 1.29 is 9.59 Å². The molecule has 1 aromatic heterocycles. The zero-order chi connectivity index (χ0) is 12.1. The molecule has 0 aliphatic carbocycles. The van der Waals surface area contributed by atoms with E-state index in [1.54, 1.807) is 18.4 Å². The van der Waals surface area contributed by atoms with Gasteiger partial charge >= 0.3 is 0 Å². The first-order chi connectivity index (χ1) is 7.56. The Hall–Kier alpha value is -1.40. The van der Waals surface area contributed by atoms with Gasteiger partial charge in [-0.3, -0.25) is 9.59 Å². The van der Waals surface area contributed by atoms with Crippen LogP contribution in [-0.4, -0.2) is 18.4 Å². The fraction of sp³-hybridized carbons (Fsp3) is 0.400. The van der Waals surface area contributed by atoms with Gasteiger partial charge in [0.2, 0.25) is 5.91 Å². The van der Waals surface area contributed by atoms with Gasteiger partial charge in [-0.2, -0.15) is 0 Å². The molecule has 0 saturated carbocycles. The van der Waals surface area contributed by atoms with Gasteiger partial charge in [-0.15, -0.1) is 11.3 Å². The van der Waals surface area contributed by atoms with E-state index in [2.05, 4.69) is 5.32 Å². The Morgan fingerprint density at radius 2 is 2.25 bits per heavy atom. The average Bonchev–Trinajstić information content (AvgIpc) is 2.66. The van der Waals surface area contributed by atoms with Crippen LogP contribution >= 0.6 is 11.3 Å². The summed E-state index contributed by atoms with van der Waals surface area (Å²) in [4.78, 5) is 22.7. The lowest BCUT2D eigenvalue weighted by Gasteiger charge is -2.10. The first-order valence-corrected chi connectivity index (χ1v) is 5.82. The van der Waals surface area contributed by atoms with Gasteiger partial charge in [-0.25, -0.2) is 0 Å². The lowest BCUT2D eigenvalue weighted by atomic mass is 10.1.